The summed E-state index contributed by atoms with van der Waals surface area (Å²) in [7, 11) is -3.69. The summed E-state index contributed by atoms with van der Waals surface area (Å²) in [6.07, 6.45) is 0.839. The molecule has 0 unspecified atom stereocenters. The summed E-state index contributed by atoms with van der Waals surface area (Å²) in [6.45, 7) is 13.6. The molecule has 2 aromatic rings. The van der Waals surface area contributed by atoms with Gasteiger partial charge in [0.05, 0.1) is 10.5 Å². The summed E-state index contributed by atoms with van der Waals surface area (Å²) >= 11 is 0. The highest BCUT2D eigenvalue weighted by Crippen LogP contribution is 2.24. The second-order valence-corrected chi connectivity index (χ2v) is 11.1. The van der Waals surface area contributed by atoms with Crippen molar-refractivity contribution in [2.75, 3.05) is 39.3 Å². The average Bonchev–Trinajstić information content (AvgIpc) is 2.99. The molecule has 0 aliphatic carbocycles. The van der Waals surface area contributed by atoms with Gasteiger partial charge in [-0.2, -0.15) is 4.31 Å². The Labute approximate surface area is 190 Å². The first-order valence-electron chi connectivity index (χ1n) is 11.2. The van der Waals surface area contributed by atoms with E-state index in [1.54, 1.807) is 24.8 Å². The highest BCUT2D eigenvalue weighted by molar-refractivity contribution is 7.89. The van der Waals surface area contributed by atoms with Crippen molar-refractivity contribution in [1.29, 1.82) is 0 Å². The minimum Gasteiger partial charge on any atom is -0.337 e. The van der Waals surface area contributed by atoms with E-state index in [2.05, 4.69) is 30.7 Å². The number of nitrogens with one attached hydrogen (secondary N) is 1. The molecule has 8 nitrogen and oxygen atoms in total. The summed E-state index contributed by atoms with van der Waals surface area (Å²) in [6, 6.07) is 5.83. The number of rotatable bonds is 5. The van der Waals surface area contributed by atoms with Gasteiger partial charge in [-0.1, -0.05) is 13.8 Å². The molecule has 1 aromatic carbocycles. The molecule has 0 radical (unpaired) electrons. The molecule has 3 rings (SSSR count). The lowest BCUT2D eigenvalue weighted by atomic mass is 10.1. The van der Waals surface area contributed by atoms with Gasteiger partial charge >= 0.3 is 0 Å². The summed E-state index contributed by atoms with van der Waals surface area (Å²) in [5, 5.41) is 0.444. The van der Waals surface area contributed by atoms with Gasteiger partial charge in [-0.25, -0.2) is 8.42 Å². The van der Waals surface area contributed by atoms with Gasteiger partial charge in [0.25, 0.3) is 5.91 Å². The number of fused-ring (bicyclic) bond motifs is 1. The van der Waals surface area contributed by atoms with Crippen LogP contribution in [0.3, 0.4) is 0 Å². The SMILES string of the molecule is CCN(CC)S(=O)(=O)c1ccc2[nH]c(=O)cc(C(=O)N3CCCN(C(C)(C)C)CC3)c2c1. The maximum Gasteiger partial charge on any atom is 0.254 e. The lowest BCUT2D eigenvalue weighted by Gasteiger charge is -2.34. The first kappa shape index (κ1) is 24.4. The van der Waals surface area contributed by atoms with E-state index in [0.29, 0.717) is 37.1 Å². The number of aromatic amines is 1. The zero-order valence-electron chi connectivity index (χ0n) is 19.6. The van der Waals surface area contributed by atoms with E-state index in [1.165, 1.54) is 22.5 Å². The number of carbonyl (C=O) groups excluding carboxylic acids is 1. The smallest absolute Gasteiger partial charge is 0.254 e. The van der Waals surface area contributed by atoms with Crippen molar-refractivity contribution in [1.82, 2.24) is 19.1 Å². The molecule has 1 aromatic heterocycles. The number of hydrogen-bond donors (Lipinski definition) is 1. The molecule has 0 spiro atoms. The summed E-state index contributed by atoms with van der Waals surface area (Å²) in [5.74, 6) is -0.241. The Bertz CT molecular complexity index is 1150. The zero-order chi connectivity index (χ0) is 23.7. The Kier molecular flexibility index (Phi) is 7.12. The molecule has 176 valence electrons. The number of hydrogen-bond acceptors (Lipinski definition) is 5. The standard InChI is InChI=1S/C23H34N4O4S/c1-6-27(7-2)32(30,31)17-9-10-20-18(15-17)19(16-21(28)24-20)22(29)25-11-8-12-26(14-13-25)23(3,4)5/h9-10,15-16H,6-8,11-14H2,1-5H3,(H,24,28). The van der Waals surface area contributed by atoms with E-state index >= 15 is 0 Å². The predicted molar refractivity (Wildman–Crippen MR) is 127 cm³/mol. The fourth-order valence-electron chi connectivity index (χ4n) is 4.24. The quantitative estimate of drug-likeness (QED) is 0.737. The topological polar surface area (TPSA) is 93.8 Å². The number of pyridine rings is 1. The van der Waals surface area contributed by atoms with Gasteiger partial charge in [0, 0.05) is 61.8 Å². The van der Waals surface area contributed by atoms with Gasteiger partial charge in [0.2, 0.25) is 15.6 Å². The van der Waals surface area contributed by atoms with Gasteiger partial charge < -0.3 is 9.88 Å². The third kappa shape index (κ3) is 4.89. The molecular weight excluding hydrogens is 428 g/mol. The minimum atomic E-state index is -3.69. The lowest BCUT2D eigenvalue weighted by molar-refractivity contribution is 0.0751. The number of aromatic nitrogens is 1. The van der Waals surface area contributed by atoms with E-state index in [4.69, 9.17) is 0 Å². The second kappa shape index (κ2) is 9.33. The first-order valence-corrected chi connectivity index (χ1v) is 12.6. The highest BCUT2D eigenvalue weighted by atomic mass is 32.2. The Morgan fingerprint density at radius 1 is 1.06 bits per heavy atom. The number of H-pyrrole nitrogens is 1. The van der Waals surface area contributed by atoms with Gasteiger partial charge in [0.15, 0.2) is 0 Å². The number of sulfonamides is 1. The highest BCUT2D eigenvalue weighted by Gasteiger charge is 2.28. The maximum absolute atomic E-state index is 13.5. The molecule has 1 aliphatic rings. The molecule has 32 heavy (non-hydrogen) atoms. The maximum atomic E-state index is 13.5. The second-order valence-electron chi connectivity index (χ2n) is 9.15. The average molecular weight is 463 g/mol. The fraction of sp³-hybridized carbons (Fsp3) is 0.565. The molecule has 1 N–H and O–H groups in total. The molecular formula is C23H34N4O4S. The van der Waals surface area contributed by atoms with E-state index in [9.17, 15) is 18.0 Å². The van der Waals surface area contributed by atoms with Gasteiger partial charge in [-0.15, -0.1) is 0 Å². The van der Waals surface area contributed by atoms with E-state index in [0.717, 1.165) is 19.5 Å². The molecule has 2 heterocycles. The number of amides is 1. The van der Waals surface area contributed by atoms with Crippen LogP contribution >= 0.6 is 0 Å². The first-order chi connectivity index (χ1) is 15.0. The summed E-state index contributed by atoms with van der Waals surface area (Å²) in [4.78, 5) is 32.7. The number of benzene rings is 1. The molecule has 0 saturated carbocycles. The Morgan fingerprint density at radius 3 is 2.38 bits per heavy atom. The van der Waals surface area contributed by atoms with Crippen LogP contribution in [-0.4, -0.2) is 78.2 Å². The minimum absolute atomic E-state index is 0.0172. The lowest BCUT2D eigenvalue weighted by Crippen LogP contribution is -2.44. The van der Waals surface area contributed by atoms with Crippen molar-refractivity contribution in [2.24, 2.45) is 0 Å². The van der Waals surface area contributed by atoms with Crippen LogP contribution in [0.4, 0.5) is 0 Å². The Balaban J connectivity index is 2.02. The van der Waals surface area contributed by atoms with Crippen molar-refractivity contribution in [3.63, 3.8) is 0 Å². The third-order valence-electron chi connectivity index (χ3n) is 6.12. The van der Waals surface area contributed by atoms with Crippen LogP contribution in [0.5, 0.6) is 0 Å². The normalized spacial score (nSPS) is 16.5. The number of nitrogens with zero attached hydrogens (tertiary/aromatic N) is 3. The van der Waals surface area contributed by atoms with Gasteiger partial charge in [-0.3, -0.25) is 14.5 Å². The van der Waals surface area contributed by atoms with Crippen LogP contribution in [0, 0.1) is 0 Å². The molecule has 9 heteroatoms. The largest absolute Gasteiger partial charge is 0.337 e. The predicted octanol–water partition coefficient (Wildman–Crippen LogP) is 2.51. The van der Waals surface area contributed by atoms with Gasteiger partial charge in [-0.05, 0) is 45.4 Å². The number of carbonyl (C=O) groups is 1. The van der Waals surface area contributed by atoms with Crippen molar-refractivity contribution >= 4 is 26.8 Å². The monoisotopic (exact) mass is 462 g/mol. The van der Waals surface area contributed by atoms with Crippen LogP contribution in [0.1, 0.15) is 51.4 Å². The fourth-order valence-corrected chi connectivity index (χ4v) is 5.73. The van der Waals surface area contributed by atoms with Crippen molar-refractivity contribution in [2.45, 2.75) is 51.5 Å². The molecule has 0 atom stereocenters. The molecule has 1 fully saturated rings. The van der Waals surface area contributed by atoms with Gasteiger partial charge in [0.1, 0.15) is 0 Å². The Hall–Kier alpha value is -2.23. The molecule has 1 aliphatic heterocycles. The van der Waals surface area contributed by atoms with E-state index in [1.807, 2.05) is 0 Å². The molecule has 1 amide bonds. The summed E-state index contributed by atoms with van der Waals surface area (Å²) < 4.78 is 27.4. The molecule has 0 bridgehead atoms. The van der Waals surface area contributed by atoms with Crippen molar-refractivity contribution < 1.29 is 13.2 Å². The van der Waals surface area contributed by atoms with E-state index < -0.39 is 10.0 Å². The summed E-state index contributed by atoms with van der Waals surface area (Å²) in [5.41, 5.74) is 0.324. The van der Waals surface area contributed by atoms with Crippen LogP contribution in [0.2, 0.25) is 0 Å². The Morgan fingerprint density at radius 2 is 1.75 bits per heavy atom. The van der Waals surface area contributed by atoms with Crippen molar-refractivity contribution in [3.05, 3.63) is 40.2 Å². The van der Waals surface area contributed by atoms with Crippen LogP contribution < -0.4 is 5.56 Å². The van der Waals surface area contributed by atoms with Crippen LogP contribution in [0.15, 0.2) is 34.0 Å². The third-order valence-corrected chi connectivity index (χ3v) is 8.17. The molecule has 1 saturated heterocycles. The van der Waals surface area contributed by atoms with Crippen LogP contribution in [-0.2, 0) is 10.0 Å². The van der Waals surface area contributed by atoms with E-state index in [-0.39, 0.29) is 27.5 Å². The van der Waals surface area contributed by atoms with Crippen LogP contribution in [0.25, 0.3) is 10.9 Å². The zero-order valence-corrected chi connectivity index (χ0v) is 20.5. The van der Waals surface area contributed by atoms with Crippen molar-refractivity contribution in [3.8, 4) is 0 Å².